The number of carbonyl (C=O) groups excluding carboxylic acids is 1. The SMILES string of the molecule is CCN(Cc1cccc(F)c1)CC(C)C(=O)OC. The summed E-state index contributed by atoms with van der Waals surface area (Å²) < 4.78 is 17.8. The van der Waals surface area contributed by atoms with Crippen LogP contribution in [0.2, 0.25) is 0 Å². The molecular weight excluding hydrogens is 233 g/mol. The standard InChI is InChI=1S/C14H20FNO2/c1-4-16(9-11(2)14(17)18-3)10-12-6-5-7-13(15)8-12/h5-8,11H,4,9-10H2,1-3H3. The highest BCUT2D eigenvalue weighted by atomic mass is 19.1. The van der Waals surface area contributed by atoms with Gasteiger partial charge >= 0.3 is 5.97 Å². The molecule has 1 aromatic rings. The second-order valence-corrected chi connectivity index (χ2v) is 4.38. The van der Waals surface area contributed by atoms with Crippen LogP contribution < -0.4 is 0 Å². The molecule has 1 rings (SSSR count). The van der Waals surface area contributed by atoms with Crippen LogP contribution >= 0.6 is 0 Å². The monoisotopic (exact) mass is 253 g/mol. The smallest absolute Gasteiger partial charge is 0.309 e. The largest absolute Gasteiger partial charge is 0.469 e. The Hall–Kier alpha value is -1.42. The molecular formula is C14H20FNO2. The molecule has 3 nitrogen and oxygen atoms in total. The molecule has 18 heavy (non-hydrogen) atoms. The molecule has 0 saturated heterocycles. The van der Waals surface area contributed by atoms with Gasteiger partial charge in [-0.15, -0.1) is 0 Å². The first kappa shape index (κ1) is 14.6. The van der Waals surface area contributed by atoms with E-state index in [1.165, 1.54) is 19.2 Å². The lowest BCUT2D eigenvalue weighted by Crippen LogP contribution is -2.32. The highest BCUT2D eigenvalue weighted by Gasteiger charge is 2.16. The number of benzene rings is 1. The topological polar surface area (TPSA) is 29.5 Å². The second kappa shape index (κ2) is 7.11. The van der Waals surface area contributed by atoms with Gasteiger partial charge in [0.25, 0.3) is 0 Å². The van der Waals surface area contributed by atoms with E-state index in [2.05, 4.69) is 4.90 Å². The molecule has 0 fully saturated rings. The van der Waals surface area contributed by atoms with Crippen molar-refractivity contribution in [2.24, 2.45) is 5.92 Å². The highest BCUT2D eigenvalue weighted by molar-refractivity contribution is 5.72. The maximum Gasteiger partial charge on any atom is 0.309 e. The first-order valence-corrected chi connectivity index (χ1v) is 6.11. The number of methoxy groups -OCH3 is 1. The van der Waals surface area contributed by atoms with Crippen molar-refractivity contribution >= 4 is 5.97 Å². The summed E-state index contributed by atoms with van der Waals surface area (Å²) in [6.45, 7) is 5.90. The summed E-state index contributed by atoms with van der Waals surface area (Å²) in [5.41, 5.74) is 0.911. The van der Waals surface area contributed by atoms with E-state index in [4.69, 9.17) is 4.74 Å². The zero-order valence-corrected chi connectivity index (χ0v) is 11.1. The van der Waals surface area contributed by atoms with Crippen LogP contribution in [0.3, 0.4) is 0 Å². The highest BCUT2D eigenvalue weighted by Crippen LogP contribution is 2.10. The van der Waals surface area contributed by atoms with E-state index >= 15 is 0 Å². The Morgan fingerprint density at radius 2 is 2.22 bits per heavy atom. The minimum Gasteiger partial charge on any atom is -0.469 e. The maximum absolute atomic E-state index is 13.1. The zero-order valence-electron chi connectivity index (χ0n) is 11.1. The number of rotatable bonds is 6. The summed E-state index contributed by atoms with van der Waals surface area (Å²) in [5, 5.41) is 0. The van der Waals surface area contributed by atoms with Gasteiger partial charge in [-0.1, -0.05) is 26.0 Å². The van der Waals surface area contributed by atoms with Crippen LogP contribution in [-0.4, -0.2) is 31.1 Å². The van der Waals surface area contributed by atoms with E-state index in [0.717, 1.165) is 12.1 Å². The Kier molecular flexibility index (Phi) is 5.78. The average Bonchev–Trinajstić information content (AvgIpc) is 2.36. The van der Waals surface area contributed by atoms with E-state index in [1.807, 2.05) is 19.9 Å². The molecule has 1 unspecified atom stereocenters. The summed E-state index contributed by atoms with van der Waals surface area (Å²) in [5.74, 6) is -0.624. The lowest BCUT2D eigenvalue weighted by atomic mass is 10.1. The molecule has 0 N–H and O–H groups in total. The van der Waals surface area contributed by atoms with Gasteiger partial charge < -0.3 is 4.74 Å². The molecule has 0 aromatic heterocycles. The number of carbonyl (C=O) groups is 1. The van der Waals surface area contributed by atoms with Crippen molar-refractivity contribution in [1.29, 1.82) is 0 Å². The Morgan fingerprint density at radius 1 is 1.50 bits per heavy atom. The van der Waals surface area contributed by atoms with Gasteiger partial charge in [0.1, 0.15) is 5.82 Å². The van der Waals surface area contributed by atoms with Gasteiger partial charge in [0.15, 0.2) is 0 Å². The second-order valence-electron chi connectivity index (χ2n) is 4.38. The van der Waals surface area contributed by atoms with Crippen LogP contribution in [0.15, 0.2) is 24.3 Å². The summed E-state index contributed by atoms with van der Waals surface area (Å²) >= 11 is 0. The van der Waals surface area contributed by atoms with Crippen LogP contribution in [-0.2, 0) is 16.1 Å². The predicted octanol–water partition coefficient (Wildman–Crippen LogP) is 2.46. The lowest BCUT2D eigenvalue weighted by molar-refractivity contribution is -0.145. The number of hydrogen-bond acceptors (Lipinski definition) is 3. The number of esters is 1. The molecule has 1 aromatic carbocycles. The first-order chi connectivity index (χ1) is 8.56. The number of nitrogens with zero attached hydrogens (tertiary/aromatic N) is 1. The normalized spacial score (nSPS) is 12.5. The maximum atomic E-state index is 13.1. The third-order valence-electron chi connectivity index (χ3n) is 2.88. The van der Waals surface area contributed by atoms with Crippen molar-refractivity contribution in [3.63, 3.8) is 0 Å². The van der Waals surface area contributed by atoms with Crippen molar-refractivity contribution in [3.8, 4) is 0 Å². The van der Waals surface area contributed by atoms with Gasteiger partial charge in [0.05, 0.1) is 13.0 Å². The minimum atomic E-state index is -0.232. The summed E-state index contributed by atoms with van der Waals surface area (Å²) in [7, 11) is 1.39. The number of ether oxygens (including phenoxy) is 1. The fraction of sp³-hybridized carbons (Fsp3) is 0.500. The molecule has 100 valence electrons. The Labute approximate surface area is 108 Å². The van der Waals surface area contributed by atoms with Gasteiger partial charge in [-0.25, -0.2) is 4.39 Å². The summed E-state index contributed by atoms with van der Waals surface area (Å²) in [6.07, 6.45) is 0. The summed E-state index contributed by atoms with van der Waals surface area (Å²) in [6, 6.07) is 6.53. The lowest BCUT2D eigenvalue weighted by Gasteiger charge is -2.23. The van der Waals surface area contributed by atoms with Crippen LogP contribution in [0, 0.1) is 11.7 Å². The first-order valence-electron chi connectivity index (χ1n) is 6.11. The molecule has 0 heterocycles. The Bertz CT molecular complexity index is 395. The predicted molar refractivity (Wildman–Crippen MR) is 68.5 cm³/mol. The van der Waals surface area contributed by atoms with E-state index < -0.39 is 0 Å². The molecule has 0 aliphatic rings. The Balaban J connectivity index is 2.59. The molecule has 0 saturated carbocycles. The van der Waals surface area contributed by atoms with Crippen LogP contribution in [0.1, 0.15) is 19.4 Å². The number of halogens is 1. The fourth-order valence-electron chi connectivity index (χ4n) is 1.86. The quantitative estimate of drug-likeness (QED) is 0.729. The van der Waals surface area contributed by atoms with Crippen molar-refractivity contribution in [1.82, 2.24) is 4.90 Å². The van der Waals surface area contributed by atoms with Crippen molar-refractivity contribution < 1.29 is 13.9 Å². The van der Waals surface area contributed by atoms with Crippen LogP contribution in [0.25, 0.3) is 0 Å². The Morgan fingerprint density at radius 3 is 2.78 bits per heavy atom. The molecule has 0 spiro atoms. The molecule has 0 amide bonds. The molecule has 0 radical (unpaired) electrons. The van der Waals surface area contributed by atoms with Crippen LogP contribution in [0.4, 0.5) is 4.39 Å². The third kappa shape index (κ3) is 4.45. The number of hydrogen-bond donors (Lipinski definition) is 0. The fourth-order valence-corrected chi connectivity index (χ4v) is 1.86. The van der Waals surface area contributed by atoms with E-state index in [-0.39, 0.29) is 17.7 Å². The van der Waals surface area contributed by atoms with Crippen molar-refractivity contribution in [3.05, 3.63) is 35.6 Å². The minimum absolute atomic E-state index is 0.177. The van der Waals surface area contributed by atoms with Gasteiger partial charge in [0, 0.05) is 13.1 Å². The summed E-state index contributed by atoms with van der Waals surface area (Å²) in [4.78, 5) is 13.5. The van der Waals surface area contributed by atoms with Gasteiger partial charge in [-0.05, 0) is 24.2 Å². The average molecular weight is 253 g/mol. The van der Waals surface area contributed by atoms with Crippen LogP contribution in [0.5, 0.6) is 0 Å². The molecule has 4 heteroatoms. The van der Waals surface area contributed by atoms with Gasteiger partial charge in [-0.3, -0.25) is 9.69 Å². The van der Waals surface area contributed by atoms with Gasteiger partial charge in [0.2, 0.25) is 0 Å². The zero-order chi connectivity index (χ0) is 13.5. The van der Waals surface area contributed by atoms with E-state index in [1.54, 1.807) is 6.07 Å². The molecule has 1 atom stereocenters. The van der Waals surface area contributed by atoms with E-state index in [0.29, 0.717) is 13.1 Å². The van der Waals surface area contributed by atoms with Crippen molar-refractivity contribution in [2.45, 2.75) is 20.4 Å². The molecule has 0 bridgehead atoms. The van der Waals surface area contributed by atoms with E-state index in [9.17, 15) is 9.18 Å². The molecule has 0 aliphatic carbocycles. The molecule has 0 aliphatic heterocycles. The third-order valence-corrected chi connectivity index (χ3v) is 2.88. The van der Waals surface area contributed by atoms with Gasteiger partial charge in [-0.2, -0.15) is 0 Å². The van der Waals surface area contributed by atoms with Crippen molar-refractivity contribution in [2.75, 3.05) is 20.2 Å².